The number of carbonyl (C=O) groups is 1. The molecule has 0 aliphatic carbocycles. The van der Waals surface area contributed by atoms with Crippen LogP contribution >= 0.6 is 11.5 Å². The monoisotopic (exact) mass is 264 g/mol. The molecule has 0 atom stereocenters. The minimum Gasteiger partial charge on any atom is -0.481 e. The lowest BCUT2D eigenvalue weighted by atomic mass is 9.98. The number of carboxylic acids is 1. The van der Waals surface area contributed by atoms with E-state index < -0.39 is 5.97 Å². The van der Waals surface area contributed by atoms with Gasteiger partial charge in [-0.2, -0.15) is 4.37 Å². The Morgan fingerprint density at radius 1 is 1.44 bits per heavy atom. The third-order valence-corrected chi connectivity index (χ3v) is 3.59. The maximum absolute atomic E-state index is 10.6. The fourth-order valence-corrected chi connectivity index (χ4v) is 2.71. The lowest BCUT2D eigenvalue weighted by molar-refractivity contribution is -0.137. The van der Waals surface area contributed by atoms with Crippen molar-refractivity contribution in [2.75, 3.05) is 5.32 Å². The van der Waals surface area contributed by atoms with Crippen molar-refractivity contribution in [3.8, 4) is 0 Å². The van der Waals surface area contributed by atoms with Crippen molar-refractivity contribution in [3.05, 3.63) is 24.3 Å². The highest BCUT2D eigenvalue weighted by molar-refractivity contribution is 7.11. The maximum Gasteiger partial charge on any atom is 0.303 e. The third kappa shape index (κ3) is 2.98. The number of rotatable bonds is 5. The highest BCUT2D eigenvalue weighted by atomic mass is 32.1. The minimum atomic E-state index is -0.765. The molecule has 0 bridgehead atoms. The molecule has 0 radical (unpaired) electrons. The molecule has 1 aromatic heterocycles. The molecule has 2 rings (SSSR count). The molecule has 0 spiro atoms. The van der Waals surface area contributed by atoms with E-state index in [4.69, 9.17) is 5.11 Å². The van der Waals surface area contributed by atoms with Crippen LogP contribution < -0.4 is 5.32 Å². The van der Waals surface area contributed by atoms with E-state index >= 15 is 0 Å². The molecule has 0 aliphatic heterocycles. The second-order valence-corrected chi connectivity index (χ2v) is 5.70. The molecule has 0 saturated carbocycles. The van der Waals surface area contributed by atoms with Gasteiger partial charge in [0.05, 0.1) is 5.52 Å². The minimum absolute atomic E-state index is 0.163. The van der Waals surface area contributed by atoms with Crippen LogP contribution in [0.15, 0.2) is 24.3 Å². The van der Waals surface area contributed by atoms with Crippen LogP contribution in [0.1, 0.15) is 26.7 Å². The number of nitrogens with zero attached hydrogens (tertiary/aromatic N) is 1. The zero-order valence-corrected chi connectivity index (χ0v) is 11.3. The number of hydrogen-bond acceptors (Lipinski definition) is 4. The quantitative estimate of drug-likeness (QED) is 0.869. The van der Waals surface area contributed by atoms with Gasteiger partial charge in [0.2, 0.25) is 0 Å². The summed E-state index contributed by atoms with van der Waals surface area (Å²) in [5, 5.41) is 14.2. The van der Waals surface area contributed by atoms with Crippen LogP contribution in [0.25, 0.3) is 10.9 Å². The van der Waals surface area contributed by atoms with Crippen LogP contribution in [0, 0.1) is 0 Å². The lowest BCUT2D eigenvalue weighted by Gasteiger charge is -2.25. The molecule has 2 aromatic rings. The normalized spacial score (nSPS) is 11.7. The van der Waals surface area contributed by atoms with Gasteiger partial charge < -0.3 is 10.4 Å². The van der Waals surface area contributed by atoms with Crippen LogP contribution in [-0.2, 0) is 4.79 Å². The first kappa shape index (κ1) is 12.8. The Kier molecular flexibility index (Phi) is 3.52. The number of carboxylic acid groups (broad SMARTS) is 1. The van der Waals surface area contributed by atoms with Crippen LogP contribution in [0.2, 0.25) is 0 Å². The molecule has 18 heavy (non-hydrogen) atoms. The van der Waals surface area contributed by atoms with E-state index in [-0.39, 0.29) is 12.0 Å². The number of anilines is 1. The smallest absolute Gasteiger partial charge is 0.303 e. The number of aliphatic carboxylic acids is 1. The Bertz CT molecular complexity index is 563. The van der Waals surface area contributed by atoms with Gasteiger partial charge in [-0.15, -0.1) is 0 Å². The molecule has 0 amide bonds. The predicted molar refractivity (Wildman–Crippen MR) is 74.2 cm³/mol. The number of benzene rings is 1. The van der Waals surface area contributed by atoms with Gasteiger partial charge in [-0.1, -0.05) is 12.1 Å². The molecule has 1 aromatic carbocycles. The lowest BCUT2D eigenvalue weighted by Crippen LogP contribution is -2.31. The Morgan fingerprint density at radius 3 is 2.89 bits per heavy atom. The van der Waals surface area contributed by atoms with Crippen LogP contribution in [-0.4, -0.2) is 21.0 Å². The van der Waals surface area contributed by atoms with E-state index in [0.29, 0.717) is 6.42 Å². The summed E-state index contributed by atoms with van der Waals surface area (Å²) in [4.78, 5) is 10.6. The first-order chi connectivity index (χ1) is 8.48. The fraction of sp³-hybridized carbons (Fsp3) is 0.385. The third-order valence-electron chi connectivity index (χ3n) is 2.80. The first-order valence-electron chi connectivity index (χ1n) is 5.82. The van der Waals surface area contributed by atoms with E-state index in [1.807, 2.05) is 38.1 Å². The van der Waals surface area contributed by atoms with Gasteiger partial charge in [0.1, 0.15) is 5.00 Å². The van der Waals surface area contributed by atoms with Crippen molar-refractivity contribution in [1.29, 1.82) is 0 Å². The molecule has 1 heterocycles. The Labute approximate surface area is 110 Å². The van der Waals surface area contributed by atoms with Gasteiger partial charge in [0.15, 0.2) is 0 Å². The van der Waals surface area contributed by atoms with Crippen molar-refractivity contribution < 1.29 is 9.90 Å². The molecular weight excluding hydrogens is 248 g/mol. The van der Waals surface area contributed by atoms with Gasteiger partial charge in [-0.3, -0.25) is 4.79 Å². The SMILES string of the molecule is CC(C)(CCC(=O)O)Nc1snc2ccccc12. The summed E-state index contributed by atoms with van der Waals surface area (Å²) >= 11 is 1.42. The van der Waals surface area contributed by atoms with Crippen molar-refractivity contribution in [1.82, 2.24) is 4.37 Å². The van der Waals surface area contributed by atoms with E-state index in [2.05, 4.69) is 9.69 Å². The van der Waals surface area contributed by atoms with Gasteiger partial charge in [-0.05, 0) is 43.9 Å². The van der Waals surface area contributed by atoms with Crippen molar-refractivity contribution in [3.63, 3.8) is 0 Å². The average molecular weight is 264 g/mol. The van der Waals surface area contributed by atoms with E-state index in [1.165, 1.54) is 11.5 Å². The molecule has 0 aliphatic rings. The summed E-state index contributed by atoms with van der Waals surface area (Å²) in [5.41, 5.74) is 0.715. The molecule has 2 N–H and O–H groups in total. The van der Waals surface area contributed by atoms with Gasteiger partial charge >= 0.3 is 5.97 Å². The first-order valence-corrected chi connectivity index (χ1v) is 6.60. The van der Waals surface area contributed by atoms with Gasteiger partial charge in [0.25, 0.3) is 0 Å². The second kappa shape index (κ2) is 4.94. The summed E-state index contributed by atoms with van der Waals surface area (Å²) in [5.74, 6) is -0.765. The Balaban J connectivity index is 2.15. The molecule has 0 unspecified atom stereocenters. The maximum atomic E-state index is 10.6. The summed E-state index contributed by atoms with van der Waals surface area (Å²) in [6.45, 7) is 4.01. The number of fused-ring (bicyclic) bond motifs is 1. The van der Waals surface area contributed by atoms with Gasteiger partial charge in [0, 0.05) is 17.3 Å². The summed E-state index contributed by atoms with van der Waals surface area (Å²) in [7, 11) is 0. The molecule has 0 saturated heterocycles. The standard InChI is InChI=1S/C13H16N2O2S/c1-13(2,8-7-11(16)17)14-12-9-5-3-4-6-10(9)15-18-12/h3-6,14H,7-8H2,1-2H3,(H,16,17). The summed E-state index contributed by atoms with van der Waals surface area (Å²) in [6, 6.07) is 7.93. The summed E-state index contributed by atoms with van der Waals surface area (Å²) in [6.07, 6.45) is 0.741. The van der Waals surface area contributed by atoms with Crippen molar-refractivity contribution >= 4 is 33.4 Å². The highest BCUT2D eigenvalue weighted by Gasteiger charge is 2.20. The van der Waals surface area contributed by atoms with Crippen molar-refractivity contribution in [2.45, 2.75) is 32.2 Å². The summed E-state index contributed by atoms with van der Waals surface area (Å²) < 4.78 is 4.36. The Morgan fingerprint density at radius 2 is 2.17 bits per heavy atom. The van der Waals surface area contributed by atoms with E-state index in [1.54, 1.807) is 0 Å². The number of nitrogens with one attached hydrogen (secondary N) is 1. The number of aromatic nitrogens is 1. The largest absolute Gasteiger partial charge is 0.481 e. The molecule has 0 fully saturated rings. The zero-order chi connectivity index (χ0) is 13.2. The highest BCUT2D eigenvalue weighted by Crippen LogP contribution is 2.30. The van der Waals surface area contributed by atoms with Gasteiger partial charge in [-0.25, -0.2) is 0 Å². The fourth-order valence-electron chi connectivity index (χ4n) is 1.77. The predicted octanol–water partition coefficient (Wildman–Crippen LogP) is 3.35. The van der Waals surface area contributed by atoms with Crippen LogP contribution in [0.3, 0.4) is 0 Å². The van der Waals surface area contributed by atoms with Crippen LogP contribution in [0.5, 0.6) is 0 Å². The number of hydrogen-bond donors (Lipinski definition) is 2. The van der Waals surface area contributed by atoms with E-state index in [9.17, 15) is 4.79 Å². The van der Waals surface area contributed by atoms with Crippen LogP contribution in [0.4, 0.5) is 5.00 Å². The second-order valence-electron chi connectivity index (χ2n) is 4.93. The molecular formula is C13H16N2O2S. The van der Waals surface area contributed by atoms with Crippen molar-refractivity contribution in [2.24, 2.45) is 0 Å². The zero-order valence-electron chi connectivity index (χ0n) is 10.4. The topological polar surface area (TPSA) is 62.2 Å². The molecule has 5 heteroatoms. The average Bonchev–Trinajstić information content (AvgIpc) is 2.70. The van der Waals surface area contributed by atoms with E-state index in [0.717, 1.165) is 15.9 Å². The molecule has 4 nitrogen and oxygen atoms in total. The molecule has 96 valence electrons. The Hall–Kier alpha value is -1.62.